The second-order valence-corrected chi connectivity index (χ2v) is 4.80. The molecule has 0 aromatic carbocycles. The second kappa shape index (κ2) is 5.97. The van der Waals surface area contributed by atoms with E-state index in [4.69, 9.17) is 0 Å². The number of rotatable bonds is 6. The van der Waals surface area contributed by atoms with Crippen LogP contribution in [0.15, 0.2) is 24.5 Å². The molecule has 0 bridgehead atoms. The van der Waals surface area contributed by atoms with Crippen LogP contribution in [0.3, 0.4) is 0 Å². The van der Waals surface area contributed by atoms with Crippen LogP contribution in [0.5, 0.6) is 0 Å². The van der Waals surface area contributed by atoms with E-state index in [1.54, 1.807) is 6.20 Å². The van der Waals surface area contributed by atoms with Gasteiger partial charge in [-0.05, 0) is 37.4 Å². The van der Waals surface area contributed by atoms with Crippen molar-refractivity contribution in [2.45, 2.75) is 32.8 Å². The largest absolute Gasteiger partial charge is 0.389 e. The molecule has 1 aromatic rings. The van der Waals surface area contributed by atoms with E-state index >= 15 is 0 Å². The minimum absolute atomic E-state index is 0.262. The monoisotopic (exact) mass is 222 g/mol. The predicted molar refractivity (Wildman–Crippen MR) is 66.3 cm³/mol. The van der Waals surface area contributed by atoms with Crippen molar-refractivity contribution in [3.05, 3.63) is 30.1 Å². The Morgan fingerprint density at radius 2 is 2.25 bits per heavy atom. The molecule has 0 spiro atoms. The van der Waals surface area contributed by atoms with E-state index in [1.807, 2.05) is 33.0 Å². The van der Waals surface area contributed by atoms with E-state index in [9.17, 15) is 5.11 Å². The Kier molecular flexibility index (Phi) is 4.90. The second-order valence-electron chi connectivity index (χ2n) is 4.80. The van der Waals surface area contributed by atoms with Crippen LogP contribution in [0.25, 0.3) is 0 Å². The summed E-state index contributed by atoms with van der Waals surface area (Å²) >= 11 is 0. The fourth-order valence-corrected chi connectivity index (χ4v) is 1.32. The van der Waals surface area contributed by atoms with Gasteiger partial charge in [-0.15, -0.1) is 0 Å². The summed E-state index contributed by atoms with van der Waals surface area (Å²) in [4.78, 5) is 4.06. The molecular formula is C13H22N2O. The Labute approximate surface area is 97.9 Å². The lowest BCUT2D eigenvalue weighted by Gasteiger charge is -2.27. The highest BCUT2D eigenvalue weighted by molar-refractivity contribution is 5.08. The fourth-order valence-electron chi connectivity index (χ4n) is 1.32. The first-order chi connectivity index (χ1) is 7.52. The van der Waals surface area contributed by atoms with E-state index in [1.165, 1.54) is 5.56 Å². The quantitative estimate of drug-likeness (QED) is 0.719. The summed E-state index contributed by atoms with van der Waals surface area (Å²) in [5, 5.41) is 13.3. The molecule has 0 saturated heterocycles. The molecule has 1 unspecified atom stereocenters. The highest BCUT2D eigenvalue weighted by Crippen LogP contribution is 2.14. The molecule has 1 aromatic heterocycles. The molecule has 0 saturated carbocycles. The number of aliphatic hydroxyl groups is 1. The van der Waals surface area contributed by atoms with Gasteiger partial charge in [-0.2, -0.15) is 0 Å². The van der Waals surface area contributed by atoms with Gasteiger partial charge in [0.15, 0.2) is 0 Å². The molecule has 2 N–H and O–H groups in total. The number of hydrogen-bond donors (Lipinski definition) is 2. The lowest BCUT2D eigenvalue weighted by atomic mass is 9.92. The normalized spacial score (nSPS) is 15.1. The van der Waals surface area contributed by atoms with Crippen molar-refractivity contribution in [3.63, 3.8) is 0 Å². The van der Waals surface area contributed by atoms with Crippen molar-refractivity contribution in [2.24, 2.45) is 5.92 Å². The molecular weight excluding hydrogens is 200 g/mol. The Balaban J connectivity index is 2.22. The average molecular weight is 222 g/mol. The summed E-state index contributed by atoms with van der Waals surface area (Å²) < 4.78 is 0. The SMILES string of the molecule is CC(C)C(C)(O)CNCCc1cccnc1. The molecule has 0 aliphatic rings. The van der Waals surface area contributed by atoms with Crippen LogP contribution in [0.2, 0.25) is 0 Å². The zero-order valence-electron chi connectivity index (χ0n) is 10.4. The van der Waals surface area contributed by atoms with Crippen molar-refractivity contribution in [3.8, 4) is 0 Å². The molecule has 1 rings (SSSR count). The fraction of sp³-hybridized carbons (Fsp3) is 0.615. The van der Waals surface area contributed by atoms with E-state index in [2.05, 4.69) is 16.4 Å². The minimum atomic E-state index is -0.630. The van der Waals surface area contributed by atoms with Crippen LogP contribution in [0, 0.1) is 5.92 Å². The molecule has 1 atom stereocenters. The third-order valence-corrected chi connectivity index (χ3v) is 3.04. The van der Waals surface area contributed by atoms with Gasteiger partial charge in [0.05, 0.1) is 5.60 Å². The Bertz CT molecular complexity index is 296. The first-order valence-electron chi connectivity index (χ1n) is 5.84. The highest BCUT2D eigenvalue weighted by atomic mass is 16.3. The van der Waals surface area contributed by atoms with Crippen LogP contribution in [-0.2, 0) is 6.42 Å². The molecule has 0 amide bonds. The van der Waals surface area contributed by atoms with Gasteiger partial charge in [-0.3, -0.25) is 4.98 Å². The Morgan fingerprint density at radius 1 is 1.50 bits per heavy atom. The third-order valence-electron chi connectivity index (χ3n) is 3.04. The third kappa shape index (κ3) is 4.29. The number of pyridine rings is 1. The topological polar surface area (TPSA) is 45.1 Å². The van der Waals surface area contributed by atoms with Gasteiger partial charge < -0.3 is 10.4 Å². The Hall–Kier alpha value is -0.930. The minimum Gasteiger partial charge on any atom is -0.389 e. The molecule has 3 nitrogen and oxygen atoms in total. The summed E-state index contributed by atoms with van der Waals surface area (Å²) in [5.41, 5.74) is 0.591. The number of nitrogens with one attached hydrogen (secondary N) is 1. The smallest absolute Gasteiger partial charge is 0.0766 e. The van der Waals surface area contributed by atoms with Crippen LogP contribution < -0.4 is 5.32 Å². The van der Waals surface area contributed by atoms with Crippen molar-refractivity contribution in [1.82, 2.24) is 10.3 Å². The van der Waals surface area contributed by atoms with Crippen molar-refractivity contribution in [2.75, 3.05) is 13.1 Å². The van der Waals surface area contributed by atoms with E-state index < -0.39 is 5.60 Å². The van der Waals surface area contributed by atoms with Gasteiger partial charge >= 0.3 is 0 Å². The van der Waals surface area contributed by atoms with Crippen LogP contribution in [0.4, 0.5) is 0 Å². The van der Waals surface area contributed by atoms with Gasteiger partial charge in [0.25, 0.3) is 0 Å². The molecule has 90 valence electrons. The maximum Gasteiger partial charge on any atom is 0.0766 e. The maximum absolute atomic E-state index is 10.0. The van der Waals surface area contributed by atoms with Crippen LogP contribution in [0.1, 0.15) is 26.3 Å². The maximum atomic E-state index is 10.0. The summed E-state index contributed by atoms with van der Waals surface area (Å²) in [7, 11) is 0. The highest BCUT2D eigenvalue weighted by Gasteiger charge is 2.23. The Morgan fingerprint density at radius 3 is 2.81 bits per heavy atom. The zero-order chi connectivity index (χ0) is 12.0. The molecule has 3 heteroatoms. The standard InChI is InChI=1S/C13H22N2O/c1-11(2)13(3,16)10-15-8-6-12-5-4-7-14-9-12/h4-5,7,9,11,15-16H,6,8,10H2,1-3H3. The van der Waals surface area contributed by atoms with Gasteiger partial charge in [-0.1, -0.05) is 19.9 Å². The summed E-state index contributed by atoms with van der Waals surface area (Å²) in [6.45, 7) is 7.43. The molecule has 16 heavy (non-hydrogen) atoms. The van der Waals surface area contributed by atoms with Crippen molar-refractivity contribution in [1.29, 1.82) is 0 Å². The van der Waals surface area contributed by atoms with Crippen LogP contribution in [-0.4, -0.2) is 28.8 Å². The zero-order valence-corrected chi connectivity index (χ0v) is 10.4. The van der Waals surface area contributed by atoms with Gasteiger partial charge in [0.2, 0.25) is 0 Å². The first kappa shape index (κ1) is 13.1. The van der Waals surface area contributed by atoms with Gasteiger partial charge in [0.1, 0.15) is 0 Å². The number of aromatic nitrogens is 1. The predicted octanol–water partition coefficient (Wildman–Crippen LogP) is 1.62. The van der Waals surface area contributed by atoms with Crippen molar-refractivity contribution >= 4 is 0 Å². The molecule has 1 heterocycles. The number of hydrogen-bond acceptors (Lipinski definition) is 3. The molecule has 0 fully saturated rings. The molecule has 0 aliphatic heterocycles. The summed E-state index contributed by atoms with van der Waals surface area (Å²) in [6, 6.07) is 4.01. The lowest BCUT2D eigenvalue weighted by molar-refractivity contribution is 0.0145. The van der Waals surface area contributed by atoms with Gasteiger partial charge in [0, 0.05) is 18.9 Å². The van der Waals surface area contributed by atoms with E-state index in [0.29, 0.717) is 6.54 Å². The number of nitrogens with zero attached hydrogens (tertiary/aromatic N) is 1. The first-order valence-corrected chi connectivity index (χ1v) is 5.84. The molecule has 0 radical (unpaired) electrons. The molecule has 0 aliphatic carbocycles. The van der Waals surface area contributed by atoms with Crippen molar-refractivity contribution < 1.29 is 5.11 Å². The average Bonchev–Trinajstić information content (AvgIpc) is 2.26. The van der Waals surface area contributed by atoms with E-state index in [-0.39, 0.29) is 5.92 Å². The lowest BCUT2D eigenvalue weighted by Crippen LogP contribution is -2.42. The summed E-state index contributed by atoms with van der Waals surface area (Å²) in [6.07, 6.45) is 4.60. The van der Waals surface area contributed by atoms with E-state index in [0.717, 1.165) is 13.0 Å². The summed E-state index contributed by atoms with van der Waals surface area (Å²) in [5.74, 6) is 0.262. The van der Waals surface area contributed by atoms with Crippen LogP contribution >= 0.6 is 0 Å². The van der Waals surface area contributed by atoms with Gasteiger partial charge in [-0.25, -0.2) is 0 Å².